The van der Waals surface area contributed by atoms with Gasteiger partial charge in [-0.1, -0.05) is 65.2 Å². The molecule has 160 valence electrons. The van der Waals surface area contributed by atoms with Crippen LogP contribution in [0, 0.1) is 6.92 Å². The smallest absolute Gasteiger partial charge is 0.264 e. The van der Waals surface area contributed by atoms with E-state index in [0.717, 1.165) is 9.87 Å². The molecule has 31 heavy (non-hydrogen) atoms. The van der Waals surface area contributed by atoms with Gasteiger partial charge < -0.3 is 0 Å². The number of halogens is 2. The van der Waals surface area contributed by atoms with Gasteiger partial charge in [0.1, 0.15) is 6.54 Å². The first-order valence-corrected chi connectivity index (χ1v) is 11.4. The van der Waals surface area contributed by atoms with Crippen LogP contribution >= 0.6 is 23.2 Å². The second-order valence-corrected chi connectivity index (χ2v) is 9.30. The van der Waals surface area contributed by atoms with E-state index in [1.807, 2.05) is 6.92 Å². The Balaban J connectivity index is 1.81. The van der Waals surface area contributed by atoms with E-state index in [1.54, 1.807) is 60.7 Å². The minimum absolute atomic E-state index is 0.0858. The summed E-state index contributed by atoms with van der Waals surface area (Å²) < 4.78 is 27.4. The highest BCUT2D eigenvalue weighted by Gasteiger charge is 2.26. The first-order chi connectivity index (χ1) is 14.8. The number of rotatable bonds is 7. The Morgan fingerprint density at radius 2 is 1.68 bits per heavy atom. The first kappa shape index (κ1) is 22.8. The fourth-order valence-electron chi connectivity index (χ4n) is 2.68. The zero-order chi connectivity index (χ0) is 22.4. The SMILES string of the molecule is Cc1ccc(N(CC(=O)N/N=C\c2ccc(Cl)c(Cl)c2)S(=O)(=O)c2ccccc2)cc1. The van der Waals surface area contributed by atoms with Gasteiger partial charge in [0.25, 0.3) is 15.9 Å². The number of hydrazone groups is 1. The van der Waals surface area contributed by atoms with E-state index >= 15 is 0 Å². The van der Waals surface area contributed by atoms with Gasteiger partial charge in [-0.05, 0) is 48.9 Å². The summed E-state index contributed by atoms with van der Waals surface area (Å²) in [6.45, 7) is 1.45. The molecular weight excluding hydrogens is 457 g/mol. The van der Waals surface area contributed by atoms with Crippen molar-refractivity contribution < 1.29 is 13.2 Å². The van der Waals surface area contributed by atoms with Gasteiger partial charge in [-0.3, -0.25) is 9.10 Å². The maximum absolute atomic E-state index is 13.2. The molecular formula is C22H19Cl2N3O3S. The summed E-state index contributed by atoms with van der Waals surface area (Å²) in [5, 5.41) is 4.64. The largest absolute Gasteiger partial charge is 0.271 e. The predicted molar refractivity (Wildman–Crippen MR) is 124 cm³/mol. The monoisotopic (exact) mass is 475 g/mol. The first-order valence-electron chi connectivity index (χ1n) is 9.19. The zero-order valence-corrected chi connectivity index (χ0v) is 18.8. The summed E-state index contributed by atoms with van der Waals surface area (Å²) in [4.78, 5) is 12.6. The lowest BCUT2D eigenvalue weighted by Gasteiger charge is -2.23. The number of aryl methyl sites for hydroxylation is 1. The van der Waals surface area contributed by atoms with E-state index in [-0.39, 0.29) is 4.90 Å². The van der Waals surface area contributed by atoms with E-state index in [0.29, 0.717) is 21.3 Å². The molecule has 0 aliphatic heterocycles. The van der Waals surface area contributed by atoms with Crippen LogP contribution in [-0.4, -0.2) is 27.1 Å². The molecule has 0 aliphatic rings. The number of anilines is 1. The Labute approximate surface area is 191 Å². The number of carbonyl (C=O) groups is 1. The minimum atomic E-state index is -3.96. The van der Waals surface area contributed by atoms with Crippen LogP contribution in [0.2, 0.25) is 10.0 Å². The number of sulfonamides is 1. The van der Waals surface area contributed by atoms with E-state index < -0.39 is 22.5 Å². The third kappa shape index (κ3) is 5.85. The molecule has 3 aromatic carbocycles. The average Bonchev–Trinajstić information content (AvgIpc) is 2.76. The van der Waals surface area contributed by atoms with Gasteiger partial charge in [0.05, 0.1) is 26.8 Å². The Morgan fingerprint density at radius 3 is 2.32 bits per heavy atom. The summed E-state index contributed by atoms with van der Waals surface area (Å²) >= 11 is 11.8. The zero-order valence-electron chi connectivity index (χ0n) is 16.5. The molecule has 0 bridgehead atoms. The summed E-state index contributed by atoms with van der Waals surface area (Å²) in [7, 11) is -3.96. The van der Waals surface area contributed by atoms with E-state index in [1.165, 1.54) is 18.3 Å². The topological polar surface area (TPSA) is 78.8 Å². The van der Waals surface area contributed by atoms with Crippen LogP contribution in [0.5, 0.6) is 0 Å². The summed E-state index contributed by atoms with van der Waals surface area (Å²) in [6, 6.07) is 19.7. The Hall–Kier alpha value is -2.87. The highest BCUT2D eigenvalue weighted by Crippen LogP contribution is 2.24. The van der Waals surface area contributed by atoms with E-state index in [4.69, 9.17) is 23.2 Å². The van der Waals surface area contributed by atoms with Crippen molar-refractivity contribution in [1.29, 1.82) is 0 Å². The van der Waals surface area contributed by atoms with Gasteiger partial charge in [0.15, 0.2) is 0 Å². The lowest BCUT2D eigenvalue weighted by Crippen LogP contribution is -2.39. The normalized spacial score (nSPS) is 11.5. The molecule has 0 aliphatic carbocycles. The minimum Gasteiger partial charge on any atom is -0.271 e. The third-order valence-electron chi connectivity index (χ3n) is 4.29. The molecule has 6 nitrogen and oxygen atoms in total. The Morgan fingerprint density at radius 1 is 1.00 bits per heavy atom. The number of hydrogen-bond acceptors (Lipinski definition) is 4. The average molecular weight is 476 g/mol. The molecule has 0 aromatic heterocycles. The van der Waals surface area contributed by atoms with Gasteiger partial charge in [0.2, 0.25) is 0 Å². The van der Waals surface area contributed by atoms with Crippen molar-refractivity contribution in [2.75, 3.05) is 10.8 Å². The molecule has 3 aromatic rings. The highest BCUT2D eigenvalue weighted by atomic mass is 35.5. The molecule has 9 heteroatoms. The molecule has 0 atom stereocenters. The summed E-state index contributed by atoms with van der Waals surface area (Å²) in [5.74, 6) is -0.601. The van der Waals surface area contributed by atoms with Crippen LogP contribution in [0.4, 0.5) is 5.69 Å². The van der Waals surface area contributed by atoms with Crippen molar-refractivity contribution in [2.45, 2.75) is 11.8 Å². The Kier molecular flexibility index (Phi) is 7.33. The van der Waals surface area contributed by atoms with Crippen LogP contribution in [0.15, 0.2) is 82.8 Å². The van der Waals surface area contributed by atoms with Crippen LogP contribution in [0.25, 0.3) is 0 Å². The predicted octanol–water partition coefficient (Wildman–Crippen LogP) is 4.65. The van der Waals surface area contributed by atoms with Crippen molar-refractivity contribution >= 4 is 51.0 Å². The van der Waals surface area contributed by atoms with Crippen LogP contribution < -0.4 is 9.73 Å². The molecule has 0 saturated carbocycles. The van der Waals surface area contributed by atoms with Crippen molar-refractivity contribution in [2.24, 2.45) is 5.10 Å². The second-order valence-electron chi connectivity index (χ2n) is 6.63. The van der Waals surface area contributed by atoms with Gasteiger partial charge in [0, 0.05) is 0 Å². The van der Waals surface area contributed by atoms with Crippen LogP contribution in [0.1, 0.15) is 11.1 Å². The van der Waals surface area contributed by atoms with Crippen molar-refractivity contribution in [1.82, 2.24) is 5.43 Å². The number of nitrogens with zero attached hydrogens (tertiary/aromatic N) is 2. The highest BCUT2D eigenvalue weighted by molar-refractivity contribution is 7.92. The number of benzene rings is 3. The van der Waals surface area contributed by atoms with Crippen molar-refractivity contribution in [3.63, 3.8) is 0 Å². The van der Waals surface area contributed by atoms with Gasteiger partial charge in [-0.15, -0.1) is 0 Å². The molecule has 0 heterocycles. The lowest BCUT2D eigenvalue weighted by molar-refractivity contribution is -0.119. The molecule has 3 rings (SSSR count). The van der Waals surface area contributed by atoms with Crippen LogP contribution in [-0.2, 0) is 14.8 Å². The third-order valence-corrected chi connectivity index (χ3v) is 6.81. The van der Waals surface area contributed by atoms with Crippen LogP contribution in [0.3, 0.4) is 0 Å². The number of carbonyl (C=O) groups excluding carboxylic acids is 1. The summed E-state index contributed by atoms with van der Waals surface area (Å²) in [5.41, 5.74) is 4.32. The summed E-state index contributed by atoms with van der Waals surface area (Å²) in [6.07, 6.45) is 1.39. The molecule has 0 radical (unpaired) electrons. The van der Waals surface area contributed by atoms with Gasteiger partial charge >= 0.3 is 0 Å². The second kappa shape index (κ2) is 9.96. The van der Waals surface area contributed by atoms with Crippen molar-refractivity contribution in [3.05, 3.63) is 94.0 Å². The van der Waals surface area contributed by atoms with E-state index in [9.17, 15) is 13.2 Å². The maximum atomic E-state index is 13.2. The fraction of sp³-hybridized carbons (Fsp3) is 0.0909. The maximum Gasteiger partial charge on any atom is 0.264 e. The fourth-order valence-corrected chi connectivity index (χ4v) is 4.43. The van der Waals surface area contributed by atoms with E-state index in [2.05, 4.69) is 10.5 Å². The Bertz CT molecular complexity index is 1200. The number of amides is 1. The molecule has 0 spiro atoms. The number of hydrogen-bond donors (Lipinski definition) is 1. The molecule has 0 saturated heterocycles. The lowest BCUT2D eigenvalue weighted by atomic mass is 10.2. The molecule has 0 fully saturated rings. The van der Waals surface area contributed by atoms with Crippen molar-refractivity contribution in [3.8, 4) is 0 Å². The van der Waals surface area contributed by atoms with Gasteiger partial charge in [-0.2, -0.15) is 5.10 Å². The standard InChI is InChI=1S/C22H19Cl2N3O3S/c1-16-7-10-18(11-8-16)27(31(29,30)19-5-3-2-4-6-19)15-22(28)26-25-14-17-9-12-20(23)21(24)13-17/h2-14H,15H2,1H3,(H,26,28)/b25-14-. The molecule has 1 amide bonds. The quantitative estimate of drug-likeness (QED) is 0.399. The van der Waals surface area contributed by atoms with Gasteiger partial charge in [-0.25, -0.2) is 13.8 Å². The number of nitrogens with one attached hydrogen (secondary N) is 1. The molecule has 1 N–H and O–H groups in total. The molecule has 0 unspecified atom stereocenters.